The number of hydrogen-bond acceptors (Lipinski definition) is 5. The Morgan fingerprint density at radius 2 is 1.63 bits per heavy atom. The fourth-order valence-corrected chi connectivity index (χ4v) is 6.92. The lowest BCUT2D eigenvalue weighted by Crippen LogP contribution is -2.53. The van der Waals surface area contributed by atoms with Crippen molar-refractivity contribution in [1.29, 1.82) is 0 Å². The first kappa shape index (κ1) is 32.4. The Hall–Kier alpha value is -3.56. The van der Waals surface area contributed by atoms with E-state index in [0.29, 0.717) is 22.0 Å². The van der Waals surface area contributed by atoms with E-state index in [4.69, 9.17) is 16.3 Å². The first-order valence-electron chi connectivity index (χ1n) is 14.6. The maximum Gasteiger partial charge on any atom is 0.264 e. The van der Waals surface area contributed by atoms with Crippen molar-refractivity contribution >= 4 is 39.1 Å². The summed E-state index contributed by atoms with van der Waals surface area (Å²) in [6.07, 6.45) is 5.07. The van der Waals surface area contributed by atoms with Gasteiger partial charge in [-0.15, -0.1) is 0 Å². The van der Waals surface area contributed by atoms with Gasteiger partial charge < -0.3 is 15.0 Å². The molecule has 1 fully saturated rings. The van der Waals surface area contributed by atoms with Gasteiger partial charge in [-0.05, 0) is 81.1 Å². The highest BCUT2D eigenvalue weighted by molar-refractivity contribution is 7.92. The zero-order valence-corrected chi connectivity index (χ0v) is 26.7. The average Bonchev–Trinajstić information content (AvgIpc) is 3.00. The molecule has 0 spiro atoms. The molecule has 8 nitrogen and oxygen atoms in total. The molecule has 3 aromatic carbocycles. The lowest BCUT2D eigenvalue weighted by atomic mass is 9.95. The quantitative estimate of drug-likeness (QED) is 0.281. The summed E-state index contributed by atoms with van der Waals surface area (Å²) < 4.78 is 34.5. The monoisotopic (exact) mass is 625 g/mol. The van der Waals surface area contributed by atoms with Gasteiger partial charge in [0.25, 0.3) is 10.0 Å². The van der Waals surface area contributed by atoms with Crippen LogP contribution in [-0.4, -0.2) is 50.9 Å². The summed E-state index contributed by atoms with van der Waals surface area (Å²) in [5.41, 5.74) is 2.62. The fourth-order valence-electron chi connectivity index (χ4n) is 5.28. The molecule has 2 amide bonds. The molecule has 43 heavy (non-hydrogen) atoms. The molecule has 230 valence electrons. The van der Waals surface area contributed by atoms with Crippen LogP contribution in [0.5, 0.6) is 5.75 Å². The Labute approximate surface area is 260 Å². The van der Waals surface area contributed by atoms with Crippen LogP contribution < -0.4 is 14.4 Å². The number of nitrogens with zero attached hydrogens (tertiary/aromatic N) is 2. The first-order chi connectivity index (χ1) is 20.5. The van der Waals surface area contributed by atoms with Gasteiger partial charge >= 0.3 is 0 Å². The summed E-state index contributed by atoms with van der Waals surface area (Å²) in [6, 6.07) is 17.9. The van der Waals surface area contributed by atoms with E-state index in [9.17, 15) is 18.0 Å². The normalized spacial score (nSPS) is 14.5. The van der Waals surface area contributed by atoms with E-state index in [1.165, 1.54) is 17.0 Å². The van der Waals surface area contributed by atoms with Crippen LogP contribution in [0.15, 0.2) is 71.6 Å². The van der Waals surface area contributed by atoms with Crippen LogP contribution in [0.4, 0.5) is 5.69 Å². The standard InChI is InChI=1S/C33H40ClN3O5S/c1-23-10-18-30(19-11-23)43(40,41)37(31-20-27(34)15-12-24(31)2)22-32(38)36(21-26-13-16-29(42-4)17-14-26)25(3)33(39)35-28-8-6-5-7-9-28/h10-20,25,28H,5-9,21-22H2,1-4H3,(H,35,39). The zero-order valence-electron chi connectivity index (χ0n) is 25.2. The van der Waals surface area contributed by atoms with Crippen molar-refractivity contribution in [3.8, 4) is 5.75 Å². The van der Waals surface area contributed by atoms with E-state index in [0.717, 1.165) is 47.5 Å². The second-order valence-electron chi connectivity index (χ2n) is 11.1. The summed E-state index contributed by atoms with van der Waals surface area (Å²) >= 11 is 6.31. The molecule has 0 bridgehead atoms. The number of carbonyl (C=O) groups is 2. The first-order valence-corrected chi connectivity index (χ1v) is 16.4. The van der Waals surface area contributed by atoms with Gasteiger partial charge in [-0.25, -0.2) is 8.42 Å². The molecular weight excluding hydrogens is 586 g/mol. The van der Waals surface area contributed by atoms with Crippen molar-refractivity contribution in [1.82, 2.24) is 10.2 Å². The highest BCUT2D eigenvalue weighted by atomic mass is 35.5. The third-order valence-electron chi connectivity index (χ3n) is 7.96. The number of amides is 2. The van der Waals surface area contributed by atoms with Gasteiger partial charge in [0, 0.05) is 17.6 Å². The molecule has 4 rings (SSSR count). The van der Waals surface area contributed by atoms with E-state index in [1.54, 1.807) is 63.4 Å². The lowest BCUT2D eigenvalue weighted by molar-refractivity contribution is -0.139. The number of sulfonamides is 1. The van der Waals surface area contributed by atoms with Gasteiger partial charge in [-0.2, -0.15) is 0 Å². The van der Waals surface area contributed by atoms with Crippen molar-refractivity contribution in [2.45, 2.75) is 76.4 Å². The van der Waals surface area contributed by atoms with E-state index in [2.05, 4.69) is 5.32 Å². The minimum absolute atomic E-state index is 0.0510. The van der Waals surface area contributed by atoms with Crippen LogP contribution in [0.25, 0.3) is 0 Å². The molecule has 1 atom stereocenters. The van der Waals surface area contributed by atoms with Crippen LogP contribution in [0.1, 0.15) is 55.7 Å². The number of aryl methyl sites for hydroxylation is 2. The van der Waals surface area contributed by atoms with E-state index in [1.807, 2.05) is 19.1 Å². The number of anilines is 1. The fraction of sp³-hybridized carbons (Fsp3) is 0.394. The highest BCUT2D eigenvalue weighted by Crippen LogP contribution is 2.30. The summed E-state index contributed by atoms with van der Waals surface area (Å²) in [5, 5.41) is 3.46. The van der Waals surface area contributed by atoms with Crippen LogP contribution in [0.3, 0.4) is 0 Å². The van der Waals surface area contributed by atoms with Gasteiger partial charge in [0.2, 0.25) is 11.8 Å². The smallest absolute Gasteiger partial charge is 0.264 e. The average molecular weight is 626 g/mol. The third kappa shape index (κ3) is 8.09. The number of methoxy groups -OCH3 is 1. The molecule has 1 aliphatic rings. The molecule has 0 heterocycles. The maximum absolute atomic E-state index is 14.2. The number of rotatable bonds is 11. The van der Waals surface area contributed by atoms with Crippen molar-refractivity contribution in [2.75, 3.05) is 18.0 Å². The van der Waals surface area contributed by atoms with E-state index in [-0.39, 0.29) is 23.4 Å². The van der Waals surface area contributed by atoms with Crippen LogP contribution >= 0.6 is 11.6 Å². The third-order valence-corrected chi connectivity index (χ3v) is 9.97. The molecule has 1 unspecified atom stereocenters. The Morgan fingerprint density at radius 1 is 0.977 bits per heavy atom. The van der Waals surface area contributed by atoms with Gasteiger partial charge in [0.15, 0.2) is 0 Å². The number of ether oxygens (including phenoxy) is 1. The molecular formula is C33H40ClN3O5S. The van der Waals surface area contributed by atoms with Gasteiger partial charge in [0.1, 0.15) is 18.3 Å². The van der Waals surface area contributed by atoms with Gasteiger partial charge in [-0.1, -0.05) is 66.8 Å². The highest BCUT2D eigenvalue weighted by Gasteiger charge is 2.34. The molecule has 0 saturated heterocycles. The van der Waals surface area contributed by atoms with Crippen molar-refractivity contribution in [3.63, 3.8) is 0 Å². The van der Waals surface area contributed by atoms with Crippen LogP contribution in [0, 0.1) is 13.8 Å². The molecule has 0 aromatic heterocycles. The van der Waals surface area contributed by atoms with Crippen molar-refractivity contribution in [2.24, 2.45) is 0 Å². The molecule has 0 aliphatic heterocycles. The molecule has 1 saturated carbocycles. The number of nitrogens with one attached hydrogen (secondary N) is 1. The van der Waals surface area contributed by atoms with E-state index >= 15 is 0 Å². The molecule has 0 radical (unpaired) electrons. The van der Waals surface area contributed by atoms with Gasteiger partial charge in [0.05, 0.1) is 17.7 Å². The SMILES string of the molecule is COc1ccc(CN(C(=O)CN(c2cc(Cl)ccc2C)S(=O)(=O)c2ccc(C)cc2)C(C)C(=O)NC2CCCCC2)cc1. The summed E-state index contributed by atoms with van der Waals surface area (Å²) in [4.78, 5) is 29.2. The molecule has 1 N–H and O–H groups in total. The number of carbonyl (C=O) groups excluding carboxylic acids is 2. The number of hydrogen-bond donors (Lipinski definition) is 1. The van der Waals surface area contributed by atoms with Crippen LogP contribution in [-0.2, 0) is 26.2 Å². The molecule has 10 heteroatoms. The summed E-state index contributed by atoms with van der Waals surface area (Å²) in [6.45, 7) is 4.91. The Kier molecular flexibility index (Phi) is 10.7. The van der Waals surface area contributed by atoms with Crippen LogP contribution in [0.2, 0.25) is 5.02 Å². The predicted molar refractivity (Wildman–Crippen MR) is 170 cm³/mol. The molecule has 3 aromatic rings. The largest absolute Gasteiger partial charge is 0.497 e. The minimum Gasteiger partial charge on any atom is -0.497 e. The predicted octanol–water partition coefficient (Wildman–Crippen LogP) is 6.03. The Balaban J connectivity index is 1.70. The Morgan fingerprint density at radius 3 is 2.26 bits per heavy atom. The molecule has 1 aliphatic carbocycles. The second kappa shape index (κ2) is 14.3. The topological polar surface area (TPSA) is 96.0 Å². The van der Waals surface area contributed by atoms with Crippen molar-refractivity contribution in [3.05, 3.63) is 88.4 Å². The number of halogens is 1. The minimum atomic E-state index is -4.18. The summed E-state index contributed by atoms with van der Waals surface area (Å²) in [5.74, 6) is -0.116. The number of benzene rings is 3. The Bertz CT molecular complexity index is 1520. The maximum atomic E-state index is 14.2. The zero-order chi connectivity index (χ0) is 31.1. The van der Waals surface area contributed by atoms with Crippen molar-refractivity contribution < 1.29 is 22.7 Å². The lowest BCUT2D eigenvalue weighted by Gasteiger charge is -2.33. The summed E-state index contributed by atoms with van der Waals surface area (Å²) in [7, 11) is -2.61. The van der Waals surface area contributed by atoms with Gasteiger partial charge in [-0.3, -0.25) is 13.9 Å². The van der Waals surface area contributed by atoms with E-state index < -0.39 is 28.5 Å². The second-order valence-corrected chi connectivity index (χ2v) is 13.4.